The zero-order valence-corrected chi connectivity index (χ0v) is 13.3. The fourth-order valence-electron chi connectivity index (χ4n) is 2.43. The van der Waals surface area contributed by atoms with E-state index in [2.05, 4.69) is 5.32 Å². The van der Waals surface area contributed by atoms with E-state index in [-0.39, 0.29) is 18.0 Å². The third-order valence-corrected chi connectivity index (χ3v) is 3.91. The summed E-state index contributed by atoms with van der Waals surface area (Å²) in [6.45, 7) is 1.84. The Labute approximate surface area is 138 Å². The minimum Gasteiger partial charge on any atom is -0.324 e. The molecule has 0 saturated carbocycles. The second kappa shape index (κ2) is 6.26. The number of aryl methyl sites for hydroxylation is 1. The summed E-state index contributed by atoms with van der Waals surface area (Å²) in [6.07, 6.45) is 1.63. The van der Waals surface area contributed by atoms with Crippen LogP contribution in [0.3, 0.4) is 0 Å². The van der Waals surface area contributed by atoms with Crippen LogP contribution in [0.4, 0.5) is 5.69 Å². The van der Waals surface area contributed by atoms with Gasteiger partial charge in [0.05, 0.1) is 0 Å². The number of benzene rings is 2. The van der Waals surface area contributed by atoms with Crippen LogP contribution in [0.1, 0.15) is 5.56 Å². The number of pyridine rings is 1. The Bertz CT molecular complexity index is 947. The van der Waals surface area contributed by atoms with Crippen LogP contribution in [0.5, 0.6) is 0 Å². The van der Waals surface area contributed by atoms with Crippen molar-refractivity contribution in [2.75, 3.05) is 5.32 Å². The summed E-state index contributed by atoms with van der Waals surface area (Å²) < 4.78 is 1.40. The van der Waals surface area contributed by atoms with Gasteiger partial charge in [0.2, 0.25) is 5.91 Å². The summed E-state index contributed by atoms with van der Waals surface area (Å²) in [6, 6.07) is 14.4. The van der Waals surface area contributed by atoms with Gasteiger partial charge in [0.1, 0.15) is 6.54 Å². The quantitative estimate of drug-likeness (QED) is 0.799. The molecular weight excluding hydrogens is 312 g/mol. The van der Waals surface area contributed by atoms with Crippen molar-refractivity contribution in [2.24, 2.45) is 0 Å². The van der Waals surface area contributed by atoms with E-state index < -0.39 is 0 Å². The molecule has 23 heavy (non-hydrogen) atoms. The molecule has 0 bridgehead atoms. The van der Waals surface area contributed by atoms with Crippen molar-refractivity contribution >= 4 is 34.0 Å². The molecule has 116 valence electrons. The van der Waals surface area contributed by atoms with Crippen LogP contribution in [0, 0.1) is 6.92 Å². The zero-order chi connectivity index (χ0) is 16.4. The smallest absolute Gasteiger partial charge is 0.258 e. The highest BCUT2D eigenvalue weighted by Crippen LogP contribution is 2.20. The standard InChI is InChI=1S/C18H15ClN2O2/c1-12-6-7-14(19)10-16(12)20-17(22)11-21-9-8-13-4-2-3-5-15(13)18(21)23/h2-10H,11H2,1H3,(H,20,22). The first-order chi connectivity index (χ1) is 11.0. The molecule has 3 rings (SSSR count). The van der Waals surface area contributed by atoms with Gasteiger partial charge in [-0.2, -0.15) is 0 Å². The SMILES string of the molecule is Cc1ccc(Cl)cc1NC(=O)Cn1ccc2ccccc2c1=O. The summed E-state index contributed by atoms with van der Waals surface area (Å²) in [5.74, 6) is -0.271. The Kier molecular flexibility index (Phi) is 4.17. The van der Waals surface area contributed by atoms with Gasteiger partial charge in [-0.3, -0.25) is 9.59 Å². The molecule has 0 fully saturated rings. The van der Waals surface area contributed by atoms with Gasteiger partial charge >= 0.3 is 0 Å². The Morgan fingerprint density at radius 1 is 1.17 bits per heavy atom. The summed E-state index contributed by atoms with van der Waals surface area (Å²) in [7, 11) is 0. The molecule has 0 atom stereocenters. The summed E-state index contributed by atoms with van der Waals surface area (Å²) in [4.78, 5) is 24.6. The first-order valence-electron chi connectivity index (χ1n) is 7.19. The van der Waals surface area contributed by atoms with E-state index in [9.17, 15) is 9.59 Å². The number of carbonyl (C=O) groups is 1. The van der Waals surface area contributed by atoms with Gasteiger partial charge in [-0.15, -0.1) is 0 Å². The second-order valence-corrected chi connectivity index (χ2v) is 5.78. The number of halogens is 1. The number of anilines is 1. The molecule has 0 aliphatic heterocycles. The molecule has 5 heteroatoms. The molecule has 1 aromatic heterocycles. The van der Waals surface area contributed by atoms with Crippen molar-refractivity contribution in [3.8, 4) is 0 Å². The number of hydrogen-bond donors (Lipinski definition) is 1. The van der Waals surface area contributed by atoms with Crippen molar-refractivity contribution in [2.45, 2.75) is 13.5 Å². The molecule has 0 radical (unpaired) electrons. The van der Waals surface area contributed by atoms with Crippen LogP contribution in [0.15, 0.2) is 59.5 Å². The first kappa shape index (κ1) is 15.3. The zero-order valence-electron chi connectivity index (χ0n) is 12.5. The molecule has 0 saturated heterocycles. The number of aromatic nitrogens is 1. The van der Waals surface area contributed by atoms with Gasteiger partial charge < -0.3 is 9.88 Å². The maximum absolute atomic E-state index is 12.4. The predicted molar refractivity (Wildman–Crippen MR) is 93.0 cm³/mol. The first-order valence-corrected chi connectivity index (χ1v) is 7.56. The van der Waals surface area contributed by atoms with Gasteiger partial charge in [0.25, 0.3) is 5.56 Å². The van der Waals surface area contributed by atoms with E-state index in [4.69, 9.17) is 11.6 Å². The third-order valence-electron chi connectivity index (χ3n) is 3.67. The molecule has 1 N–H and O–H groups in total. The lowest BCUT2D eigenvalue weighted by molar-refractivity contribution is -0.116. The lowest BCUT2D eigenvalue weighted by Crippen LogP contribution is -2.27. The molecular formula is C18H15ClN2O2. The van der Waals surface area contributed by atoms with Gasteiger partial charge in [0.15, 0.2) is 0 Å². The normalized spacial score (nSPS) is 10.7. The summed E-state index contributed by atoms with van der Waals surface area (Å²) in [5.41, 5.74) is 1.38. The fourth-order valence-corrected chi connectivity index (χ4v) is 2.60. The second-order valence-electron chi connectivity index (χ2n) is 5.34. The summed E-state index contributed by atoms with van der Waals surface area (Å²) >= 11 is 5.94. The Morgan fingerprint density at radius 3 is 2.78 bits per heavy atom. The molecule has 0 spiro atoms. The molecule has 4 nitrogen and oxygen atoms in total. The van der Waals surface area contributed by atoms with Crippen LogP contribution in [-0.4, -0.2) is 10.5 Å². The van der Waals surface area contributed by atoms with E-state index in [1.807, 2.05) is 37.3 Å². The van der Waals surface area contributed by atoms with E-state index >= 15 is 0 Å². The topological polar surface area (TPSA) is 51.1 Å². The Balaban J connectivity index is 1.84. The largest absolute Gasteiger partial charge is 0.324 e. The number of carbonyl (C=O) groups excluding carboxylic acids is 1. The van der Waals surface area contributed by atoms with Gasteiger partial charge in [0, 0.05) is 22.3 Å². The van der Waals surface area contributed by atoms with Crippen LogP contribution in [-0.2, 0) is 11.3 Å². The molecule has 1 amide bonds. The van der Waals surface area contributed by atoms with E-state index in [0.717, 1.165) is 10.9 Å². The van der Waals surface area contributed by atoms with Crippen molar-refractivity contribution in [3.05, 3.63) is 75.7 Å². The summed E-state index contributed by atoms with van der Waals surface area (Å²) in [5, 5.41) is 4.80. The third kappa shape index (κ3) is 3.27. The maximum atomic E-state index is 12.4. The van der Waals surface area contributed by atoms with Crippen molar-refractivity contribution in [1.29, 1.82) is 0 Å². The van der Waals surface area contributed by atoms with E-state index in [1.54, 1.807) is 24.4 Å². The highest BCUT2D eigenvalue weighted by molar-refractivity contribution is 6.31. The number of fused-ring (bicyclic) bond motifs is 1. The molecule has 3 aromatic rings. The Morgan fingerprint density at radius 2 is 1.96 bits per heavy atom. The highest BCUT2D eigenvalue weighted by atomic mass is 35.5. The number of nitrogens with one attached hydrogen (secondary N) is 1. The predicted octanol–water partition coefficient (Wildman–Crippen LogP) is 3.60. The van der Waals surface area contributed by atoms with Crippen molar-refractivity contribution < 1.29 is 4.79 Å². The molecule has 0 unspecified atom stereocenters. The number of nitrogens with zero attached hydrogens (tertiary/aromatic N) is 1. The maximum Gasteiger partial charge on any atom is 0.258 e. The van der Waals surface area contributed by atoms with E-state index in [1.165, 1.54) is 4.57 Å². The lowest BCUT2D eigenvalue weighted by Gasteiger charge is -2.10. The van der Waals surface area contributed by atoms with Gasteiger partial charge in [-0.1, -0.05) is 35.9 Å². The van der Waals surface area contributed by atoms with Crippen molar-refractivity contribution in [1.82, 2.24) is 4.57 Å². The average Bonchev–Trinajstić information content (AvgIpc) is 2.54. The van der Waals surface area contributed by atoms with Crippen LogP contribution < -0.4 is 10.9 Å². The fraction of sp³-hybridized carbons (Fsp3) is 0.111. The van der Waals surface area contributed by atoms with Crippen LogP contribution in [0.2, 0.25) is 5.02 Å². The molecule has 2 aromatic carbocycles. The molecule has 0 aliphatic carbocycles. The highest BCUT2D eigenvalue weighted by Gasteiger charge is 2.09. The van der Waals surface area contributed by atoms with Crippen LogP contribution >= 0.6 is 11.6 Å². The molecule has 0 aliphatic rings. The van der Waals surface area contributed by atoms with E-state index in [0.29, 0.717) is 16.1 Å². The lowest BCUT2D eigenvalue weighted by atomic mass is 10.2. The van der Waals surface area contributed by atoms with Crippen LogP contribution in [0.25, 0.3) is 10.8 Å². The monoisotopic (exact) mass is 326 g/mol. The van der Waals surface area contributed by atoms with Gasteiger partial charge in [-0.05, 0) is 42.1 Å². The average molecular weight is 327 g/mol. The molecule has 1 heterocycles. The number of rotatable bonds is 3. The number of hydrogen-bond acceptors (Lipinski definition) is 2. The minimum atomic E-state index is -0.271. The number of amides is 1. The van der Waals surface area contributed by atoms with Gasteiger partial charge in [-0.25, -0.2) is 0 Å². The van der Waals surface area contributed by atoms with Crippen molar-refractivity contribution in [3.63, 3.8) is 0 Å². The Hall–Kier alpha value is -2.59. The minimum absolute atomic E-state index is 0.0460.